The second-order valence-electron chi connectivity index (χ2n) is 10.5. The van der Waals surface area contributed by atoms with Gasteiger partial charge < -0.3 is 15.0 Å². The molecular weight excluding hydrogens is 522 g/mol. The first kappa shape index (κ1) is 32.3. The van der Waals surface area contributed by atoms with Crippen LogP contribution in [0.5, 0.6) is 5.75 Å². The molecule has 0 spiro atoms. The van der Waals surface area contributed by atoms with E-state index in [1.807, 2.05) is 72.4 Å². The van der Waals surface area contributed by atoms with E-state index in [-0.39, 0.29) is 5.78 Å². The minimum Gasteiger partial charge on any atom is -0.496 e. The zero-order valence-corrected chi connectivity index (χ0v) is 26.0. The van der Waals surface area contributed by atoms with Crippen molar-refractivity contribution in [2.24, 2.45) is 4.99 Å². The number of nitrogens with one attached hydrogen (secondary N) is 1. The summed E-state index contributed by atoms with van der Waals surface area (Å²) in [6.45, 7) is 13.6. The molecule has 7 heteroatoms. The zero-order chi connectivity index (χ0) is 30.5. The lowest BCUT2D eigenvalue weighted by molar-refractivity contribution is -0.116. The van der Waals surface area contributed by atoms with Crippen LogP contribution in [0.1, 0.15) is 58.1 Å². The van der Waals surface area contributed by atoms with Crippen molar-refractivity contribution >= 4 is 23.1 Å². The van der Waals surface area contributed by atoms with Gasteiger partial charge in [0.1, 0.15) is 23.0 Å². The summed E-state index contributed by atoms with van der Waals surface area (Å²) < 4.78 is 7.40. The Morgan fingerprint density at radius 1 is 1.17 bits per heavy atom. The number of fused-ring (bicyclic) bond motifs is 1. The first-order chi connectivity index (χ1) is 20.3. The van der Waals surface area contributed by atoms with E-state index in [9.17, 15) is 4.79 Å². The molecule has 0 radical (unpaired) electrons. The number of rotatable bonds is 16. The van der Waals surface area contributed by atoms with E-state index in [0.717, 1.165) is 77.3 Å². The van der Waals surface area contributed by atoms with Gasteiger partial charge in [-0.05, 0) is 109 Å². The van der Waals surface area contributed by atoms with Crippen molar-refractivity contribution in [3.8, 4) is 17.0 Å². The molecule has 7 nitrogen and oxygen atoms in total. The number of ether oxygens (including phenoxy) is 1. The van der Waals surface area contributed by atoms with E-state index < -0.39 is 0 Å². The Bertz CT molecular complexity index is 1490. The molecule has 0 unspecified atom stereocenters. The minimum absolute atomic E-state index is 0.0815. The molecule has 0 atom stereocenters. The molecule has 1 N–H and O–H groups in total. The van der Waals surface area contributed by atoms with Crippen LogP contribution in [0.2, 0.25) is 0 Å². The van der Waals surface area contributed by atoms with Crippen molar-refractivity contribution in [2.75, 3.05) is 27.2 Å². The van der Waals surface area contributed by atoms with Gasteiger partial charge in [-0.3, -0.25) is 4.79 Å². The Hall–Kier alpha value is -4.23. The van der Waals surface area contributed by atoms with Gasteiger partial charge in [0.15, 0.2) is 0 Å². The van der Waals surface area contributed by atoms with Crippen LogP contribution in [0.25, 0.3) is 22.3 Å². The predicted octanol–water partition coefficient (Wildman–Crippen LogP) is 7.26. The lowest BCUT2D eigenvalue weighted by atomic mass is 9.97. The van der Waals surface area contributed by atoms with E-state index in [2.05, 4.69) is 54.8 Å². The molecule has 0 aliphatic rings. The second kappa shape index (κ2) is 16.3. The quantitative estimate of drug-likeness (QED) is 0.112. The van der Waals surface area contributed by atoms with E-state index in [0.29, 0.717) is 12.2 Å². The summed E-state index contributed by atoms with van der Waals surface area (Å²) in [5.74, 6) is 1.57. The molecule has 0 amide bonds. The molecule has 2 aromatic heterocycles. The maximum Gasteiger partial charge on any atom is 0.134 e. The number of pyridine rings is 1. The number of carbonyl (C=O) groups is 1. The number of Topliss-reactive ketones (excluding diaryl/α,β-unsaturated/α-hetero) is 1. The standard InChI is InChI=1S/C35H45N5O2/c1-8-10-12-21-39(6)22-14-15-27(4)37-33(9-2)36-20-19-26(3)34-31-16-11-13-23-40(31)38-35(34)29-17-18-32(42-7)30(25-29)24-28(5)41/h8-9,11,13,15-20,23,25,37H,1,10,12,14,21-22,24H2,2-7H3/b26-19+,27-15+,33-9+,36-20-. The number of aliphatic imine (C=N–C) groups is 1. The highest BCUT2D eigenvalue weighted by Crippen LogP contribution is 2.34. The first-order valence-electron chi connectivity index (χ1n) is 14.5. The Labute approximate surface area is 251 Å². The summed E-state index contributed by atoms with van der Waals surface area (Å²) in [5, 5.41) is 8.31. The molecule has 222 valence electrons. The van der Waals surface area contributed by atoms with E-state index in [4.69, 9.17) is 9.84 Å². The molecule has 1 aromatic carbocycles. The average Bonchev–Trinajstić information content (AvgIpc) is 3.36. The number of hydrogen-bond donors (Lipinski definition) is 1. The minimum atomic E-state index is 0.0815. The van der Waals surface area contributed by atoms with Gasteiger partial charge in [0.25, 0.3) is 0 Å². The molecule has 0 aliphatic heterocycles. The van der Waals surface area contributed by atoms with Gasteiger partial charge in [-0.15, -0.1) is 6.58 Å². The highest BCUT2D eigenvalue weighted by atomic mass is 16.5. The largest absolute Gasteiger partial charge is 0.496 e. The lowest BCUT2D eigenvalue weighted by Gasteiger charge is -2.15. The van der Waals surface area contributed by atoms with Crippen LogP contribution in [0.3, 0.4) is 0 Å². The summed E-state index contributed by atoms with van der Waals surface area (Å²) in [6, 6.07) is 11.9. The second-order valence-corrected chi connectivity index (χ2v) is 10.5. The van der Waals surface area contributed by atoms with Crippen LogP contribution in [-0.2, 0) is 11.2 Å². The van der Waals surface area contributed by atoms with Crippen LogP contribution < -0.4 is 10.1 Å². The Kier molecular flexibility index (Phi) is 12.5. The molecule has 2 heterocycles. The maximum atomic E-state index is 11.9. The molecule has 0 saturated carbocycles. The number of allylic oxidation sites excluding steroid dienone is 5. The average molecular weight is 568 g/mol. The molecule has 0 aliphatic carbocycles. The molecule has 0 saturated heterocycles. The van der Waals surface area contributed by atoms with E-state index in [1.165, 1.54) is 0 Å². The van der Waals surface area contributed by atoms with Crippen LogP contribution >= 0.6 is 0 Å². The third-order valence-electron chi connectivity index (χ3n) is 6.97. The van der Waals surface area contributed by atoms with Crippen molar-refractivity contribution in [3.63, 3.8) is 0 Å². The van der Waals surface area contributed by atoms with Gasteiger partial charge >= 0.3 is 0 Å². The number of carbonyl (C=O) groups excluding carboxylic acids is 1. The summed E-state index contributed by atoms with van der Waals surface area (Å²) >= 11 is 0. The van der Waals surface area contributed by atoms with Crippen LogP contribution in [-0.4, -0.2) is 53.8 Å². The van der Waals surface area contributed by atoms with Crippen molar-refractivity contribution in [3.05, 3.63) is 96.1 Å². The lowest BCUT2D eigenvalue weighted by Crippen LogP contribution is -2.20. The highest BCUT2D eigenvalue weighted by Gasteiger charge is 2.17. The van der Waals surface area contributed by atoms with Gasteiger partial charge in [0.2, 0.25) is 0 Å². The molecule has 42 heavy (non-hydrogen) atoms. The number of hydrogen-bond acceptors (Lipinski definition) is 6. The smallest absolute Gasteiger partial charge is 0.134 e. The number of unbranched alkanes of at least 4 members (excludes halogenated alkanes) is 1. The van der Waals surface area contributed by atoms with Crippen molar-refractivity contribution in [1.29, 1.82) is 0 Å². The van der Waals surface area contributed by atoms with E-state index in [1.54, 1.807) is 14.0 Å². The number of nitrogens with zero attached hydrogens (tertiary/aromatic N) is 4. The molecule has 0 bridgehead atoms. The predicted molar refractivity (Wildman–Crippen MR) is 176 cm³/mol. The summed E-state index contributed by atoms with van der Waals surface area (Å²) in [5.41, 5.74) is 6.74. The summed E-state index contributed by atoms with van der Waals surface area (Å²) in [7, 11) is 3.78. The van der Waals surface area contributed by atoms with Gasteiger partial charge in [-0.2, -0.15) is 5.10 Å². The molecule has 0 fully saturated rings. The molecule has 3 aromatic rings. The Morgan fingerprint density at radius 3 is 2.69 bits per heavy atom. The van der Waals surface area contributed by atoms with Gasteiger partial charge in [0, 0.05) is 47.8 Å². The van der Waals surface area contributed by atoms with Gasteiger partial charge in [-0.1, -0.05) is 18.2 Å². The van der Waals surface area contributed by atoms with E-state index >= 15 is 0 Å². The highest BCUT2D eigenvalue weighted by molar-refractivity contribution is 5.94. The van der Waals surface area contributed by atoms with Gasteiger partial charge in [-0.25, -0.2) is 9.51 Å². The SMILES string of the molecule is C=CCCCN(C)CC/C=C(\C)NC(=C/C)/N=C\C=C(/C)c1c(-c2ccc(OC)c(CC(C)=O)c2)nn2ccccc12. The van der Waals surface area contributed by atoms with Crippen LogP contribution in [0, 0.1) is 0 Å². The topological polar surface area (TPSA) is 71.2 Å². The summed E-state index contributed by atoms with van der Waals surface area (Å²) in [6.07, 6.45) is 15.4. The summed E-state index contributed by atoms with van der Waals surface area (Å²) in [4.78, 5) is 18.9. The third-order valence-corrected chi connectivity index (χ3v) is 6.97. The normalized spacial score (nSPS) is 12.9. The fraction of sp³-hybridized carbons (Fsp3) is 0.343. The van der Waals surface area contributed by atoms with Crippen molar-refractivity contribution < 1.29 is 9.53 Å². The van der Waals surface area contributed by atoms with Crippen LogP contribution in [0.15, 0.2) is 90.0 Å². The number of benzene rings is 1. The molecular formula is C35H45N5O2. The third kappa shape index (κ3) is 9.14. The fourth-order valence-corrected chi connectivity index (χ4v) is 4.79. The fourth-order valence-electron chi connectivity index (χ4n) is 4.79. The first-order valence-corrected chi connectivity index (χ1v) is 14.5. The molecule has 3 rings (SSSR count). The number of aromatic nitrogens is 2. The van der Waals surface area contributed by atoms with Gasteiger partial charge in [0.05, 0.1) is 12.6 Å². The Balaban J connectivity index is 1.81. The zero-order valence-electron chi connectivity index (χ0n) is 26.0. The number of ketones is 1. The monoisotopic (exact) mass is 567 g/mol. The van der Waals surface area contributed by atoms with Crippen molar-refractivity contribution in [1.82, 2.24) is 19.8 Å². The van der Waals surface area contributed by atoms with Crippen molar-refractivity contribution in [2.45, 2.75) is 53.4 Å². The Morgan fingerprint density at radius 2 is 1.98 bits per heavy atom. The van der Waals surface area contributed by atoms with Crippen LogP contribution in [0.4, 0.5) is 0 Å². The maximum absolute atomic E-state index is 11.9. The number of methoxy groups -OCH3 is 1.